The molecule has 0 saturated carbocycles. The highest BCUT2D eigenvalue weighted by Gasteiger charge is 2.45. The van der Waals surface area contributed by atoms with Crippen molar-refractivity contribution in [2.75, 3.05) is 39.4 Å². The third kappa shape index (κ3) is 7.15. The number of carbonyl (C=O) groups excluding carboxylic acids is 1. The molecule has 4 atom stereocenters. The van der Waals surface area contributed by atoms with Crippen LogP contribution in [0, 0.1) is 0 Å². The Hall–Kier alpha value is -3.31. The molecule has 0 radical (unpaired) electrons. The number of ether oxygens (including phenoxy) is 4. The van der Waals surface area contributed by atoms with E-state index in [0.29, 0.717) is 26.3 Å². The van der Waals surface area contributed by atoms with Crippen molar-refractivity contribution in [2.45, 2.75) is 63.1 Å². The minimum atomic E-state index is -0.578. The number of aliphatic hydroxyl groups excluding tert-OH is 1. The minimum absolute atomic E-state index is 0.00648. The van der Waals surface area contributed by atoms with E-state index in [4.69, 9.17) is 18.9 Å². The van der Waals surface area contributed by atoms with E-state index in [2.05, 4.69) is 51.9 Å². The summed E-state index contributed by atoms with van der Waals surface area (Å²) < 4.78 is 25.7. The number of carbonyl (C=O) groups is 1. The highest BCUT2D eigenvalue weighted by atomic mass is 16.7. The Labute approximate surface area is 259 Å². The summed E-state index contributed by atoms with van der Waals surface area (Å²) in [6.45, 7) is 6.71. The van der Waals surface area contributed by atoms with E-state index in [-0.39, 0.29) is 30.8 Å². The van der Waals surface area contributed by atoms with Gasteiger partial charge in [0.1, 0.15) is 0 Å². The van der Waals surface area contributed by atoms with Crippen LogP contribution in [0.4, 0.5) is 4.79 Å². The predicted molar refractivity (Wildman–Crippen MR) is 166 cm³/mol. The van der Waals surface area contributed by atoms with E-state index in [1.807, 2.05) is 49.4 Å². The van der Waals surface area contributed by atoms with Crippen LogP contribution in [0.5, 0.6) is 0 Å². The van der Waals surface area contributed by atoms with Crippen LogP contribution in [-0.4, -0.2) is 67.3 Å². The summed E-state index contributed by atoms with van der Waals surface area (Å²) in [6.07, 6.45) is 0.675. The SMILES string of the molecule is CCNC(=O)NCc1ccc(C2OC(CN3CCC4(CC3)OCCO4)C(c3ccccc3)C(c3ccc(CO)cc3)O2)cc1. The van der Waals surface area contributed by atoms with Crippen molar-refractivity contribution in [1.82, 2.24) is 15.5 Å². The van der Waals surface area contributed by atoms with E-state index >= 15 is 0 Å². The lowest BCUT2D eigenvalue weighted by Gasteiger charge is -2.46. The third-order valence-electron chi connectivity index (χ3n) is 8.88. The van der Waals surface area contributed by atoms with Crippen molar-refractivity contribution in [3.8, 4) is 0 Å². The minimum Gasteiger partial charge on any atom is -0.392 e. The second-order valence-electron chi connectivity index (χ2n) is 11.8. The molecule has 3 fully saturated rings. The zero-order valence-electron chi connectivity index (χ0n) is 25.3. The number of benzene rings is 3. The molecule has 9 nitrogen and oxygen atoms in total. The number of hydrogen-bond donors (Lipinski definition) is 3. The van der Waals surface area contributed by atoms with Crippen molar-refractivity contribution in [3.63, 3.8) is 0 Å². The van der Waals surface area contributed by atoms with Crippen LogP contribution in [0.25, 0.3) is 0 Å². The maximum Gasteiger partial charge on any atom is 0.315 e. The molecule has 3 aromatic carbocycles. The number of piperidine rings is 1. The maximum atomic E-state index is 11.9. The van der Waals surface area contributed by atoms with E-state index in [0.717, 1.165) is 60.3 Å². The summed E-state index contributed by atoms with van der Waals surface area (Å²) in [5.74, 6) is -0.484. The number of urea groups is 1. The molecule has 3 heterocycles. The van der Waals surface area contributed by atoms with Gasteiger partial charge in [-0.2, -0.15) is 0 Å². The summed E-state index contributed by atoms with van der Waals surface area (Å²) in [6, 6.07) is 26.4. The molecule has 4 unspecified atom stereocenters. The third-order valence-corrected chi connectivity index (χ3v) is 8.88. The van der Waals surface area contributed by atoms with Crippen LogP contribution in [0.1, 0.15) is 65.9 Å². The monoisotopic (exact) mass is 601 g/mol. The molecule has 6 rings (SSSR count). The standard InChI is InChI=1S/C35H43N3O6/c1-2-36-34(40)37-22-25-8-14-29(15-9-25)33-43-30(23-38-18-16-35(17-19-38)41-20-21-42-35)31(27-6-4-3-5-7-27)32(44-33)28-12-10-26(24-39)11-13-28/h3-15,30-33,39H,2,16-24H2,1H3,(H2,36,37,40). The highest BCUT2D eigenvalue weighted by Crippen LogP contribution is 2.47. The van der Waals surface area contributed by atoms with Gasteiger partial charge in [0.15, 0.2) is 12.1 Å². The first-order valence-corrected chi connectivity index (χ1v) is 15.7. The number of aliphatic hydroxyl groups is 1. The maximum absolute atomic E-state index is 11.9. The van der Waals surface area contributed by atoms with Gasteiger partial charge in [-0.1, -0.05) is 78.9 Å². The molecular formula is C35H43N3O6. The van der Waals surface area contributed by atoms with Crippen molar-refractivity contribution >= 4 is 6.03 Å². The fourth-order valence-corrected chi connectivity index (χ4v) is 6.48. The Morgan fingerprint density at radius 1 is 0.841 bits per heavy atom. The molecule has 0 aliphatic carbocycles. The number of hydrogen-bond acceptors (Lipinski definition) is 7. The van der Waals surface area contributed by atoms with Gasteiger partial charge in [0.2, 0.25) is 0 Å². The van der Waals surface area contributed by atoms with Gasteiger partial charge >= 0.3 is 6.03 Å². The Balaban J connectivity index is 1.27. The average molecular weight is 602 g/mol. The lowest BCUT2D eigenvalue weighted by Crippen LogP contribution is -2.50. The number of nitrogens with zero attached hydrogens (tertiary/aromatic N) is 1. The Morgan fingerprint density at radius 2 is 1.50 bits per heavy atom. The topological polar surface area (TPSA) is 102 Å². The van der Waals surface area contributed by atoms with Gasteiger partial charge in [0.25, 0.3) is 0 Å². The van der Waals surface area contributed by atoms with E-state index < -0.39 is 12.1 Å². The van der Waals surface area contributed by atoms with Gasteiger partial charge in [-0.25, -0.2) is 4.79 Å². The molecule has 44 heavy (non-hydrogen) atoms. The van der Waals surface area contributed by atoms with E-state index in [1.54, 1.807) is 0 Å². The van der Waals surface area contributed by atoms with Gasteiger partial charge in [-0.05, 0) is 29.2 Å². The summed E-state index contributed by atoms with van der Waals surface area (Å²) in [5, 5.41) is 15.3. The second kappa shape index (κ2) is 14.2. The van der Waals surface area contributed by atoms with Crippen molar-refractivity contribution < 1.29 is 28.8 Å². The van der Waals surface area contributed by atoms with Gasteiger partial charge in [-0.3, -0.25) is 0 Å². The molecule has 3 aromatic rings. The van der Waals surface area contributed by atoms with Crippen LogP contribution >= 0.6 is 0 Å². The molecular weight excluding hydrogens is 558 g/mol. The molecule has 3 aliphatic rings. The smallest absolute Gasteiger partial charge is 0.315 e. The van der Waals surface area contributed by atoms with Gasteiger partial charge in [0, 0.05) is 57.0 Å². The molecule has 2 amide bonds. The van der Waals surface area contributed by atoms with Crippen molar-refractivity contribution in [3.05, 3.63) is 107 Å². The van der Waals surface area contributed by atoms with Crippen molar-refractivity contribution in [2.24, 2.45) is 0 Å². The fourth-order valence-electron chi connectivity index (χ4n) is 6.48. The molecule has 1 spiro atoms. The van der Waals surface area contributed by atoms with Crippen LogP contribution < -0.4 is 10.6 Å². The van der Waals surface area contributed by atoms with E-state index in [1.165, 1.54) is 0 Å². The first-order chi connectivity index (χ1) is 21.6. The lowest BCUT2D eigenvalue weighted by molar-refractivity contribution is -0.265. The quantitative estimate of drug-likeness (QED) is 0.325. The van der Waals surface area contributed by atoms with Crippen LogP contribution in [0.2, 0.25) is 0 Å². The Morgan fingerprint density at radius 3 is 2.16 bits per heavy atom. The zero-order chi connectivity index (χ0) is 30.4. The summed E-state index contributed by atoms with van der Waals surface area (Å²) in [4.78, 5) is 14.3. The molecule has 0 aromatic heterocycles. The molecule has 3 aliphatic heterocycles. The van der Waals surface area contributed by atoms with Gasteiger partial charge in [-0.15, -0.1) is 0 Å². The number of nitrogens with one attached hydrogen (secondary N) is 2. The summed E-state index contributed by atoms with van der Waals surface area (Å²) >= 11 is 0. The molecule has 3 saturated heterocycles. The van der Waals surface area contributed by atoms with Crippen molar-refractivity contribution in [1.29, 1.82) is 0 Å². The number of likely N-dealkylation sites (tertiary alicyclic amines) is 1. The number of rotatable bonds is 9. The largest absolute Gasteiger partial charge is 0.392 e. The average Bonchev–Trinajstić information content (AvgIpc) is 3.53. The first kappa shape index (κ1) is 30.7. The first-order valence-electron chi connectivity index (χ1n) is 15.7. The summed E-state index contributed by atoms with van der Waals surface area (Å²) in [5.41, 5.74) is 4.98. The highest BCUT2D eigenvalue weighted by molar-refractivity contribution is 5.73. The Kier molecular flexibility index (Phi) is 9.91. The van der Waals surface area contributed by atoms with Crippen LogP contribution in [0.3, 0.4) is 0 Å². The van der Waals surface area contributed by atoms with Crippen LogP contribution in [0.15, 0.2) is 78.9 Å². The Bertz CT molecular complexity index is 1340. The lowest BCUT2D eigenvalue weighted by atomic mass is 9.83. The number of amides is 2. The molecule has 234 valence electrons. The molecule has 3 N–H and O–H groups in total. The van der Waals surface area contributed by atoms with Crippen LogP contribution in [-0.2, 0) is 32.1 Å². The van der Waals surface area contributed by atoms with Gasteiger partial charge < -0.3 is 39.6 Å². The summed E-state index contributed by atoms with van der Waals surface area (Å²) in [7, 11) is 0. The molecule has 0 bridgehead atoms. The second-order valence-corrected chi connectivity index (χ2v) is 11.8. The normalized spacial score (nSPS) is 25.1. The molecule has 9 heteroatoms. The van der Waals surface area contributed by atoms with Gasteiger partial charge in [0.05, 0.1) is 32.0 Å². The zero-order valence-corrected chi connectivity index (χ0v) is 25.3. The predicted octanol–water partition coefficient (Wildman–Crippen LogP) is 4.78. The fraction of sp³-hybridized carbons (Fsp3) is 0.457. The van der Waals surface area contributed by atoms with E-state index in [9.17, 15) is 9.90 Å².